The van der Waals surface area contributed by atoms with Gasteiger partial charge in [-0.1, -0.05) is 0 Å². The van der Waals surface area contributed by atoms with Crippen molar-refractivity contribution in [3.63, 3.8) is 0 Å². The van der Waals surface area contributed by atoms with E-state index >= 15 is 0 Å². The van der Waals surface area contributed by atoms with Crippen molar-refractivity contribution >= 4 is 45.6 Å². The van der Waals surface area contributed by atoms with Gasteiger partial charge in [-0.25, -0.2) is 4.98 Å². The van der Waals surface area contributed by atoms with Crippen molar-refractivity contribution in [2.24, 2.45) is 0 Å². The molecule has 1 aromatic carbocycles. The number of unbranched alkanes of at least 4 members (excludes halogenated alkanes) is 2. The second-order valence-electron chi connectivity index (χ2n) is 13.2. The molecule has 1 aliphatic heterocycles. The van der Waals surface area contributed by atoms with Crippen LogP contribution in [-0.4, -0.2) is 168 Å². The minimum Gasteiger partial charge on any atom is -0.549 e. The van der Waals surface area contributed by atoms with Crippen LogP contribution in [0.1, 0.15) is 25.0 Å². The number of aromatic amines is 1. The largest absolute Gasteiger partial charge is 3.00 e. The van der Waals surface area contributed by atoms with Crippen molar-refractivity contribution in [3.05, 3.63) is 36.2 Å². The summed E-state index contributed by atoms with van der Waals surface area (Å²) in [6.45, 7) is 1.87. The molecular formula is C36H49GdN8O11S. The summed E-state index contributed by atoms with van der Waals surface area (Å²) in [7, 11) is 1.49. The Kier molecular flexibility index (Phi) is 21.0. The number of imidazole rings is 1. The van der Waals surface area contributed by atoms with Gasteiger partial charge in [0.1, 0.15) is 5.75 Å². The number of methoxy groups -OCH3 is 2. The minimum absolute atomic E-state index is 0. The molecule has 1 amide bonds. The fourth-order valence-corrected chi connectivity index (χ4v) is 7.16. The van der Waals surface area contributed by atoms with E-state index in [4.69, 9.17) is 14.2 Å². The third kappa shape index (κ3) is 16.7. The Hall–Kier alpha value is -3.57. The molecule has 313 valence electrons. The van der Waals surface area contributed by atoms with Gasteiger partial charge in [-0.3, -0.25) is 33.6 Å². The second kappa shape index (κ2) is 25.0. The molecule has 21 heteroatoms. The van der Waals surface area contributed by atoms with E-state index in [0.29, 0.717) is 71.8 Å². The first-order valence-electron chi connectivity index (χ1n) is 18.3. The van der Waals surface area contributed by atoms with Gasteiger partial charge in [0.25, 0.3) is 0 Å². The van der Waals surface area contributed by atoms with E-state index in [9.17, 15) is 38.7 Å². The van der Waals surface area contributed by atoms with Gasteiger partial charge in [-0.05, 0) is 31.4 Å². The fourth-order valence-electron chi connectivity index (χ4n) is 6.15. The number of hydrogen-bond donors (Lipinski definition) is 2. The Labute approximate surface area is 365 Å². The number of rotatable bonds is 20. The zero-order valence-corrected chi connectivity index (χ0v) is 35.1. The molecule has 57 heavy (non-hydrogen) atoms. The maximum absolute atomic E-state index is 13.1. The van der Waals surface area contributed by atoms with E-state index < -0.39 is 28.7 Å². The standard InChI is InChI=1S/C36H52N8O11S.Gd/c1-53-30-8-10-37-29(35(30)54-2)25-56(52)36-39-27-7-6-26(20-28(27)40-36)55-19-5-3-4-9-38-31(45)21-41-11-13-42(22-32(46)47)15-17-44(24-34(50)51)18-16-43(14-12-41)23-33(48)49;/h6-8,10,20H,3-5,9,11-19,21-25H2,1-2H3,(H,38,45)(H,39,40)(H,46,47)(H,48,49)(H,50,51);/q;+3/p-3. The van der Waals surface area contributed by atoms with Crippen molar-refractivity contribution in [2.75, 3.05) is 106 Å². The number of carboxylic acids is 3. The number of nitrogens with one attached hydrogen (secondary N) is 2. The molecule has 1 fully saturated rings. The number of aromatic nitrogens is 3. The van der Waals surface area contributed by atoms with Gasteiger partial charge in [-0.15, -0.1) is 0 Å². The number of fused-ring (bicyclic) bond motifs is 1. The number of pyridine rings is 1. The van der Waals surface area contributed by atoms with E-state index in [1.54, 1.807) is 45.2 Å². The molecule has 2 aromatic heterocycles. The van der Waals surface area contributed by atoms with E-state index in [1.165, 1.54) is 14.2 Å². The molecule has 3 heterocycles. The Balaban J connectivity index is 0.00000870. The number of H-pyrrole nitrogens is 1. The van der Waals surface area contributed by atoms with Gasteiger partial charge in [0.15, 0.2) is 16.7 Å². The van der Waals surface area contributed by atoms with Crippen LogP contribution in [-0.2, 0) is 35.7 Å². The number of carbonyl (C=O) groups excluding carboxylic acids is 4. The smallest absolute Gasteiger partial charge is 0.549 e. The maximum Gasteiger partial charge on any atom is 3.00 e. The van der Waals surface area contributed by atoms with Crippen LogP contribution in [0.3, 0.4) is 0 Å². The van der Waals surface area contributed by atoms with Crippen molar-refractivity contribution < 1.29 is 92.9 Å². The first-order chi connectivity index (χ1) is 26.9. The number of nitrogens with zero attached hydrogens (tertiary/aromatic N) is 6. The summed E-state index contributed by atoms with van der Waals surface area (Å²) in [5.41, 5.74) is 1.80. The quantitative estimate of drug-likeness (QED) is 0.104. The average molecular weight is 959 g/mol. The molecule has 0 aliphatic carbocycles. The van der Waals surface area contributed by atoms with Crippen molar-refractivity contribution in [1.82, 2.24) is 39.9 Å². The molecule has 1 atom stereocenters. The van der Waals surface area contributed by atoms with Crippen LogP contribution >= 0.6 is 0 Å². The van der Waals surface area contributed by atoms with Crippen molar-refractivity contribution in [3.8, 4) is 17.2 Å². The van der Waals surface area contributed by atoms with Crippen LogP contribution in [0, 0.1) is 39.9 Å². The van der Waals surface area contributed by atoms with Gasteiger partial charge in [0.2, 0.25) is 5.91 Å². The predicted molar refractivity (Wildman–Crippen MR) is 197 cm³/mol. The predicted octanol–water partition coefficient (Wildman–Crippen LogP) is -3.58. The number of carbonyl (C=O) groups is 4. The summed E-state index contributed by atoms with van der Waals surface area (Å²) in [4.78, 5) is 65.5. The van der Waals surface area contributed by atoms with E-state index in [2.05, 4.69) is 20.3 Å². The summed E-state index contributed by atoms with van der Waals surface area (Å²) in [5, 5.41) is 37.3. The second-order valence-corrected chi connectivity index (χ2v) is 14.6. The monoisotopic (exact) mass is 959 g/mol. The van der Waals surface area contributed by atoms with Gasteiger partial charge < -0.3 is 54.2 Å². The average Bonchev–Trinajstić information content (AvgIpc) is 3.58. The van der Waals surface area contributed by atoms with Gasteiger partial charge in [0.05, 0.1) is 78.6 Å². The first-order valence-corrected chi connectivity index (χ1v) is 19.6. The zero-order valence-electron chi connectivity index (χ0n) is 32.1. The molecule has 1 unspecified atom stereocenters. The SMILES string of the molecule is COc1ccnc(CS(=O)c2nc3ccc(OCCCCCNC(=O)CN4CCN(CC(=O)[O-])CCN(CC(=O)[O-])CCN(CC(=O)[O-])CC4)cc3[nH]2)c1OC.[Gd+3]. The normalized spacial score (nSPS) is 15.8. The molecule has 1 saturated heterocycles. The Morgan fingerprint density at radius 3 is 1.88 bits per heavy atom. The third-order valence-corrected chi connectivity index (χ3v) is 10.2. The van der Waals surface area contributed by atoms with Crippen molar-refractivity contribution in [1.29, 1.82) is 0 Å². The maximum atomic E-state index is 13.1. The fraction of sp³-hybridized carbons (Fsp3) is 0.556. The summed E-state index contributed by atoms with van der Waals surface area (Å²) >= 11 is 0. The van der Waals surface area contributed by atoms with Gasteiger partial charge >= 0.3 is 39.9 Å². The van der Waals surface area contributed by atoms with E-state index in [-0.39, 0.29) is 117 Å². The molecular weight excluding hydrogens is 910 g/mol. The summed E-state index contributed by atoms with van der Waals surface area (Å²) in [6, 6.07) is 7.04. The summed E-state index contributed by atoms with van der Waals surface area (Å²) in [6.07, 6.45) is 3.79. The molecule has 4 rings (SSSR count). The number of aliphatic carboxylic acids is 3. The first kappa shape index (κ1) is 47.8. The topological polar surface area (TPSA) is 249 Å². The molecule has 1 radical (unpaired) electrons. The van der Waals surface area contributed by atoms with Gasteiger partial charge in [-0.2, -0.15) is 0 Å². The molecule has 0 saturated carbocycles. The van der Waals surface area contributed by atoms with Crippen LogP contribution in [0.5, 0.6) is 17.2 Å². The number of amides is 1. The van der Waals surface area contributed by atoms with Crippen LogP contribution < -0.4 is 34.8 Å². The number of hydrogen-bond acceptors (Lipinski definition) is 17. The molecule has 19 nitrogen and oxygen atoms in total. The van der Waals surface area contributed by atoms with E-state index in [1.807, 2.05) is 4.90 Å². The molecule has 2 N–H and O–H groups in total. The summed E-state index contributed by atoms with van der Waals surface area (Å²) in [5.74, 6) is -2.45. The van der Waals surface area contributed by atoms with E-state index in [0.717, 1.165) is 12.8 Å². The Bertz CT molecular complexity index is 1770. The zero-order chi connectivity index (χ0) is 40.5. The van der Waals surface area contributed by atoms with Crippen LogP contribution in [0.25, 0.3) is 11.0 Å². The number of ether oxygens (including phenoxy) is 3. The van der Waals surface area contributed by atoms with Crippen molar-refractivity contribution in [2.45, 2.75) is 30.2 Å². The van der Waals surface area contributed by atoms with Crippen LogP contribution in [0.2, 0.25) is 0 Å². The van der Waals surface area contributed by atoms with Crippen LogP contribution in [0.4, 0.5) is 0 Å². The Morgan fingerprint density at radius 2 is 1.35 bits per heavy atom. The number of carboxylic acid groups (broad SMARTS) is 3. The third-order valence-electron chi connectivity index (χ3n) is 9.05. The molecule has 0 bridgehead atoms. The van der Waals surface area contributed by atoms with Gasteiger partial charge in [0, 0.05) is 96.9 Å². The van der Waals surface area contributed by atoms with Crippen LogP contribution in [0.15, 0.2) is 35.6 Å². The number of benzene rings is 1. The molecule has 1 aliphatic rings. The minimum atomic E-state index is -1.53. The Morgan fingerprint density at radius 1 is 0.789 bits per heavy atom. The molecule has 3 aromatic rings. The summed E-state index contributed by atoms with van der Waals surface area (Å²) < 4.78 is 29.8. The molecule has 0 spiro atoms.